The van der Waals surface area contributed by atoms with Gasteiger partial charge < -0.3 is 15.0 Å². The van der Waals surface area contributed by atoms with E-state index in [1.54, 1.807) is 7.05 Å². The lowest BCUT2D eigenvalue weighted by Gasteiger charge is -2.16. The van der Waals surface area contributed by atoms with Gasteiger partial charge in [-0.15, -0.1) is 5.10 Å². The number of nitrogens with one attached hydrogen (secondary N) is 1. The molecule has 9 heteroatoms. The van der Waals surface area contributed by atoms with E-state index in [1.807, 2.05) is 0 Å². The number of amides is 2. The summed E-state index contributed by atoms with van der Waals surface area (Å²) in [6.07, 6.45) is 1.51. The highest BCUT2D eigenvalue weighted by Gasteiger charge is 2.21. The molecule has 0 fully saturated rings. The Morgan fingerprint density at radius 1 is 1.46 bits per heavy atom. The highest BCUT2D eigenvalue weighted by atomic mass is 35.5. The maximum Gasteiger partial charge on any atom is 0.261 e. The number of aromatic nitrogens is 2. The molecule has 0 radical (unpaired) electrons. The summed E-state index contributed by atoms with van der Waals surface area (Å²) >= 11 is 5.66. The quantitative estimate of drug-likeness (QED) is 0.890. The average molecular weight is 355 g/mol. The van der Waals surface area contributed by atoms with Gasteiger partial charge >= 0.3 is 0 Å². The number of carbonyl (C=O) groups excluding carboxylic acids is 2. The number of benzene rings is 1. The fraction of sp³-hybridized carbons (Fsp3) is 0.267. The summed E-state index contributed by atoms with van der Waals surface area (Å²) < 4.78 is 19.6. The van der Waals surface area contributed by atoms with E-state index in [-0.39, 0.29) is 23.0 Å². The number of methoxy groups -OCH3 is 1. The van der Waals surface area contributed by atoms with Gasteiger partial charge in [0, 0.05) is 26.0 Å². The van der Waals surface area contributed by atoms with E-state index in [0.29, 0.717) is 5.69 Å². The van der Waals surface area contributed by atoms with Crippen molar-refractivity contribution in [3.63, 3.8) is 0 Å². The van der Waals surface area contributed by atoms with Crippen molar-refractivity contribution in [3.05, 3.63) is 40.8 Å². The second kappa shape index (κ2) is 7.31. The maximum absolute atomic E-state index is 13.1. The van der Waals surface area contributed by atoms with Crippen molar-refractivity contribution in [1.82, 2.24) is 14.7 Å². The summed E-state index contributed by atoms with van der Waals surface area (Å²) in [6, 6.07) is 3.82. The highest BCUT2D eigenvalue weighted by molar-refractivity contribution is 6.31. The standard InChI is InChI=1S/C15H16ClFN4O3/c1-20(15(23)10-7-21(2)19-14(10)24-3)8-13(22)18-9-4-5-12(17)11(16)6-9/h4-7H,8H2,1-3H3,(H,18,22). The van der Waals surface area contributed by atoms with E-state index < -0.39 is 17.6 Å². The molecule has 0 saturated heterocycles. The molecule has 1 aromatic heterocycles. The summed E-state index contributed by atoms with van der Waals surface area (Å²) in [5.41, 5.74) is 0.589. The molecule has 0 unspecified atom stereocenters. The van der Waals surface area contributed by atoms with Crippen LogP contribution in [0.25, 0.3) is 0 Å². The van der Waals surface area contributed by atoms with E-state index in [9.17, 15) is 14.0 Å². The number of aryl methyl sites for hydroxylation is 1. The molecular weight excluding hydrogens is 339 g/mol. The second-order valence-electron chi connectivity index (χ2n) is 5.06. The summed E-state index contributed by atoms with van der Waals surface area (Å²) in [5.74, 6) is -1.26. The van der Waals surface area contributed by atoms with Gasteiger partial charge in [0.15, 0.2) is 0 Å². The number of rotatable bonds is 5. The van der Waals surface area contributed by atoms with Crippen molar-refractivity contribution in [2.75, 3.05) is 26.0 Å². The molecule has 0 atom stereocenters. The molecule has 0 aliphatic carbocycles. The van der Waals surface area contributed by atoms with Crippen molar-refractivity contribution < 1.29 is 18.7 Å². The SMILES string of the molecule is COc1nn(C)cc1C(=O)N(C)CC(=O)Nc1ccc(F)c(Cl)c1. The van der Waals surface area contributed by atoms with E-state index in [0.717, 1.165) is 6.07 Å². The predicted molar refractivity (Wildman–Crippen MR) is 86.8 cm³/mol. The first-order valence-corrected chi connectivity index (χ1v) is 7.27. The van der Waals surface area contributed by atoms with Crippen LogP contribution in [0.1, 0.15) is 10.4 Å². The normalized spacial score (nSPS) is 10.4. The van der Waals surface area contributed by atoms with Gasteiger partial charge in [-0.2, -0.15) is 0 Å². The molecule has 1 aromatic carbocycles. The van der Waals surface area contributed by atoms with Gasteiger partial charge in [-0.1, -0.05) is 11.6 Å². The summed E-state index contributed by atoms with van der Waals surface area (Å²) in [6.45, 7) is -0.203. The van der Waals surface area contributed by atoms with Gasteiger partial charge in [0.25, 0.3) is 5.91 Å². The van der Waals surface area contributed by atoms with E-state index in [1.165, 1.54) is 42.1 Å². The Morgan fingerprint density at radius 2 is 2.17 bits per heavy atom. The number of anilines is 1. The van der Waals surface area contributed by atoms with Crippen molar-refractivity contribution in [2.45, 2.75) is 0 Å². The molecule has 0 saturated carbocycles. The fourth-order valence-corrected chi connectivity index (χ4v) is 2.21. The molecule has 0 aliphatic rings. The van der Waals surface area contributed by atoms with Gasteiger partial charge in [0.05, 0.1) is 18.7 Å². The molecule has 24 heavy (non-hydrogen) atoms. The summed E-state index contributed by atoms with van der Waals surface area (Å²) in [4.78, 5) is 25.6. The Balaban J connectivity index is 2.02. The zero-order valence-electron chi connectivity index (χ0n) is 13.3. The van der Waals surface area contributed by atoms with Crippen LogP contribution in [0, 0.1) is 5.82 Å². The number of halogens is 2. The third-order valence-electron chi connectivity index (χ3n) is 3.15. The maximum atomic E-state index is 13.1. The van der Waals surface area contributed by atoms with Gasteiger partial charge in [-0.25, -0.2) is 4.39 Å². The first-order chi connectivity index (χ1) is 11.3. The molecule has 0 spiro atoms. The minimum absolute atomic E-state index is 0.0997. The highest BCUT2D eigenvalue weighted by Crippen LogP contribution is 2.20. The Morgan fingerprint density at radius 3 is 2.79 bits per heavy atom. The molecule has 1 N–H and O–H groups in total. The first kappa shape index (κ1) is 17.7. The minimum atomic E-state index is -0.578. The number of ether oxygens (including phenoxy) is 1. The van der Waals surface area contributed by atoms with Crippen LogP contribution in [-0.4, -0.2) is 47.2 Å². The zero-order valence-corrected chi connectivity index (χ0v) is 14.1. The van der Waals surface area contributed by atoms with E-state index >= 15 is 0 Å². The Labute approximate surface area is 143 Å². The molecule has 2 amide bonds. The van der Waals surface area contributed by atoms with Crippen LogP contribution < -0.4 is 10.1 Å². The van der Waals surface area contributed by atoms with Gasteiger partial charge in [-0.3, -0.25) is 14.3 Å². The molecule has 0 aliphatic heterocycles. The lowest BCUT2D eigenvalue weighted by molar-refractivity contribution is -0.116. The number of carbonyl (C=O) groups is 2. The van der Waals surface area contributed by atoms with Crippen LogP contribution in [0.5, 0.6) is 5.88 Å². The monoisotopic (exact) mass is 354 g/mol. The van der Waals surface area contributed by atoms with E-state index in [2.05, 4.69) is 10.4 Å². The Bertz CT molecular complexity index is 778. The summed E-state index contributed by atoms with van der Waals surface area (Å²) in [7, 11) is 4.54. The van der Waals surface area contributed by atoms with Crippen LogP contribution in [-0.2, 0) is 11.8 Å². The number of hydrogen-bond donors (Lipinski definition) is 1. The van der Waals surface area contributed by atoms with Crippen molar-refractivity contribution in [1.29, 1.82) is 0 Å². The van der Waals surface area contributed by atoms with Crippen LogP contribution >= 0.6 is 11.6 Å². The third kappa shape index (κ3) is 4.02. The number of hydrogen-bond acceptors (Lipinski definition) is 4. The number of nitrogens with zero attached hydrogens (tertiary/aromatic N) is 3. The largest absolute Gasteiger partial charge is 0.479 e. The lowest BCUT2D eigenvalue weighted by Crippen LogP contribution is -2.35. The topological polar surface area (TPSA) is 76.5 Å². The average Bonchev–Trinajstić information content (AvgIpc) is 2.91. The molecule has 2 aromatic rings. The zero-order chi connectivity index (χ0) is 17.9. The molecule has 2 rings (SSSR count). The van der Waals surface area contributed by atoms with Gasteiger partial charge in [0.2, 0.25) is 11.8 Å². The molecule has 0 bridgehead atoms. The van der Waals surface area contributed by atoms with E-state index in [4.69, 9.17) is 16.3 Å². The van der Waals surface area contributed by atoms with Crippen molar-refractivity contribution in [3.8, 4) is 5.88 Å². The van der Waals surface area contributed by atoms with Crippen molar-refractivity contribution >= 4 is 29.1 Å². The van der Waals surface area contributed by atoms with Crippen LogP contribution in [0.3, 0.4) is 0 Å². The summed E-state index contributed by atoms with van der Waals surface area (Å²) in [5, 5.41) is 6.44. The lowest BCUT2D eigenvalue weighted by atomic mass is 10.3. The fourth-order valence-electron chi connectivity index (χ4n) is 2.03. The molecule has 128 valence electrons. The van der Waals surface area contributed by atoms with Crippen molar-refractivity contribution in [2.24, 2.45) is 7.05 Å². The van der Waals surface area contributed by atoms with Crippen LogP contribution in [0.4, 0.5) is 10.1 Å². The van der Waals surface area contributed by atoms with Gasteiger partial charge in [-0.05, 0) is 18.2 Å². The predicted octanol–water partition coefficient (Wildman–Crippen LogP) is 1.93. The minimum Gasteiger partial charge on any atom is -0.479 e. The first-order valence-electron chi connectivity index (χ1n) is 6.89. The number of likely N-dealkylation sites (N-methyl/N-ethyl adjacent to an activating group) is 1. The van der Waals surface area contributed by atoms with Crippen LogP contribution in [0.2, 0.25) is 5.02 Å². The molecular formula is C15H16ClFN4O3. The second-order valence-corrected chi connectivity index (χ2v) is 5.47. The van der Waals surface area contributed by atoms with Gasteiger partial charge in [0.1, 0.15) is 11.4 Å². The third-order valence-corrected chi connectivity index (χ3v) is 3.44. The van der Waals surface area contributed by atoms with Crippen LogP contribution in [0.15, 0.2) is 24.4 Å². The molecule has 7 nitrogen and oxygen atoms in total. The smallest absolute Gasteiger partial charge is 0.261 e. The Kier molecular flexibility index (Phi) is 5.40. The Hall–Kier alpha value is -2.61. The molecule has 1 heterocycles.